The Balaban J connectivity index is 1.17. The molecule has 5 aromatic rings. The van der Waals surface area contributed by atoms with Crippen LogP contribution in [-0.2, 0) is 6.42 Å². The first-order valence-corrected chi connectivity index (χ1v) is 11.9. The number of aromatic nitrogens is 4. The fraction of sp³-hybridized carbons (Fsp3) is 0.259. The first-order valence-electron chi connectivity index (χ1n) is 11.9. The number of carbonyl (C=O) groups excluding carboxylic acids is 1. The number of benzene rings is 1. The van der Waals surface area contributed by atoms with E-state index in [2.05, 4.69) is 20.3 Å². The quantitative estimate of drug-likeness (QED) is 0.264. The summed E-state index contributed by atoms with van der Waals surface area (Å²) in [5.41, 5.74) is 4.68. The van der Waals surface area contributed by atoms with Crippen molar-refractivity contribution in [2.45, 2.75) is 32.6 Å². The largest absolute Gasteiger partial charge is 0.463 e. The van der Waals surface area contributed by atoms with Gasteiger partial charge >= 0.3 is 0 Å². The minimum absolute atomic E-state index is 0.112. The molecule has 0 fully saturated rings. The van der Waals surface area contributed by atoms with E-state index >= 15 is 0 Å². The van der Waals surface area contributed by atoms with E-state index < -0.39 is 0 Å². The summed E-state index contributed by atoms with van der Waals surface area (Å²) in [6.07, 6.45) is 5.19. The Kier molecular flexibility index (Phi) is 6.62. The van der Waals surface area contributed by atoms with Gasteiger partial charge in [0.15, 0.2) is 5.76 Å². The number of furan rings is 1. The topological polar surface area (TPSA) is 101 Å². The number of rotatable bonds is 9. The van der Waals surface area contributed by atoms with E-state index in [1.807, 2.05) is 6.07 Å². The Labute approximate surface area is 207 Å². The van der Waals surface area contributed by atoms with E-state index in [0.29, 0.717) is 40.4 Å². The molecule has 0 atom stereocenters. The van der Waals surface area contributed by atoms with Crippen LogP contribution < -0.4 is 0 Å². The molecule has 9 heteroatoms. The van der Waals surface area contributed by atoms with E-state index in [1.54, 1.807) is 55.5 Å². The molecule has 1 amide bonds. The molecule has 0 aliphatic carbocycles. The van der Waals surface area contributed by atoms with Crippen molar-refractivity contribution >= 4 is 17.0 Å². The molecule has 1 N–H and O–H groups in total. The Morgan fingerprint density at radius 3 is 2.69 bits per heavy atom. The molecule has 0 bridgehead atoms. The van der Waals surface area contributed by atoms with Crippen LogP contribution in [0, 0.1) is 12.7 Å². The van der Waals surface area contributed by atoms with Crippen LogP contribution in [-0.4, -0.2) is 44.7 Å². The van der Waals surface area contributed by atoms with Crippen molar-refractivity contribution < 1.29 is 18.1 Å². The van der Waals surface area contributed by atoms with Crippen LogP contribution in [0.5, 0.6) is 0 Å². The molecule has 0 saturated carbocycles. The van der Waals surface area contributed by atoms with E-state index in [9.17, 15) is 9.18 Å². The second-order valence-corrected chi connectivity index (χ2v) is 8.80. The zero-order valence-corrected chi connectivity index (χ0v) is 20.1. The maximum Gasteiger partial charge on any atom is 0.259 e. The van der Waals surface area contributed by atoms with Crippen LogP contribution in [0.25, 0.3) is 33.8 Å². The molecule has 5 rings (SSSR count). The second-order valence-electron chi connectivity index (χ2n) is 8.80. The van der Waals surface area contributed by atoms with E-state index in [0.717, 1.165) is 42.6 Å². The predicted octanol–water partition coefficient (Wildman–Crippen LogP) is 5.81. The van der Waals surface area contributed by atoms with Crippen molar-refractivity contribution in [2.24, 2.45) is 0 Å². The number of pyridine rings is 1. The molecule has 4 heterocycles. The third-order valence-electron chi connectivity index (χ3n) is 6.18. The summed E-state index contributed by atoms with van der Waals surface area (Å²) >= 11 is 0. The van der Waals surface area contributed by atoms with Crippen molar-refractivity contribution in [3.8, 4) is 22.7 Å². The molecular weight excluding hydrogens is 461 g/mol. The van der Waals surface area contributed by atoms with Gasteiger partial charge in [0.2, 0.25) is 0 Å². The lowest BCUT2D eigenvalue weighted by Gasteiger charge is -2.18. The Hall–Kier alpha value is -4.27. The molecule has 36 heavy (non-hydrogen) atoms. The third-order valence-corrected chi connectivity index (χ3v) is 6.18. The Morgan fingerprint density at radius 2 is 1.92 bits per heavy atom. The minimum atomic E-state index is -0.263. The van der Waals surface area contributed by atoms with Crippen molar-refractivity contribution in [3.05, 3.63) is 77.6 Å². The van der Waals surface area contributed by atoms with Gasteiger partial charge in [0.25, 0.3) is 11.6 Å². The van der Waals surface area contributed by atoms with Crippen LogP contribution >= 0.6 is 0 Å². The molecule has 0 saturated heterocycles. The fourth-order valence-corrected chi connectivity index (χ4v) is 4.22. The molecule has 8 nitrogen and oxygen atoms in total. The van der Waals surface area contributed by atoms with Gasteiger partial charge in [0, 0.05) is 24.8 Å². The molecule has 0 radical (unpaired) electrons. The van der Waals surface area contributed by atoms with Gasteiger partial charge in [-0.2, -0.15) is 5.10 Å². The highest BCUT2D eigenvalue weighted by Crippen LogP contribution is 2.28. The van der Waals surface area contributed by atoms with Gasteiger partial charge in [0.05, 0.1) is 28.6 Å². The van der Waals surface area contributed by atoms with Gasteiger partial charge in [-0.25, -0.2) is 9.37 Å². The molecule has 184 valence electrons. The maximum absolute atomic E-state index is 13.3. The number of hydrogen-bond acceptors (Lipinski definition) is 6. The lowest BCUT2D eigenvalue weighted by molar-refractivity contribution is 0.0794. The number of aryl methyl sites for hydroxylation is 2. The third kappa shape index (κ3) is 4.91. The summed E-state index contributed by atoms with van der Waals surface area (Å²) in [7, 11) is 1.80. The van der Waals surface area contributed by atoms with E-state index in [4.69, 9.17) is 8.94 Å². The highest BCUT2D eigenvalue weighted by Gasteiger charge is 2.22. The molecule has 0 spiro atoms. The molecular formula is C27H26FN5O3. The van der Waals surface area contributed by atoms with Gasteiger partial charge < -0.3 is 13.8 Å². The number of carbonyl (C=O) groups is 1. The first kappa shape index (κ1) is 23.5. The number of nitrogens with zero attached hydrogens (tertiary/aromatic N) is 4. The van der Waals surface area contributed by atoms with E-state index in [-0.39, 0.29) is 11.7 Å². The van der Waals surface area contributed by atoms with Crippen LogP contribution in [0.3, 0.4) is 0 Å². The van der Waals surface area contributed by atoms with Gasteiger partial charge in [-0.1, -0.05) is 11.6 Å². The smallest absolute Gasteiger partial charge is 0.259 e. The molecule has 0 aliphatic rings. The average Bonchev–Trinajstić information content (AvgIpc) is 3.65. The summed E-state index contributed by atoms with van der Waals surface area (Å²) in [6.45, 7) is 2.42. The van der Waals surface area contributed by atoms with Crippen molar-refractivity contribution in [1.82, 2.24) is 25.2 Å². The number of halogens is 1. The van der Waals surface area contributed by atoms with Crippen molar-refractivity contribution in [2.75, 3.05) is 13.6 Å². The van der Waals surface area contributed by atoms with Crippen LogP contribution in [0.1, 0.15) is 41.0 Å². The monoisotopic (exact) mass is 487 g/mol. The number of unbranched alkanes of at least 4 members (excludes halogenated alkanes) is 2. The average molecular weight is 488 g/mol. The predicted molar refractivity (Wildman–Crippen MR) is 133 cm³/mol. The number of nitrogens with one attached hydrogen (secondary N) is 1. The summed E-state index contributed by atoms with van der Waals surface area (Å²) < 4.78 is 23.9. The van der Waals surface area contributed by atoms with Gasteiger partial charge in [-0.3, -0.25) is 9.89 Å². The zero-order chi connectivity index (χ0) is 25.1. The number of H-pyrrole nitrogens is 1. The minimum Gasteiger partial charge on any atom is -0.463 e. The van der Waals surface area contributed by atoms with Crippen LogP contribution in [0.15, 0.2) is 63.7 Å². The maximum atomic E-state index is 13.3. The van der Waals surface area contributed by atoms with Gasteiger partial charge in [-0.15, -0.1) is 0 Å². The summed E-state index contributed by atoms with van der Waals surface area (Å²) in [5.74, 6) is 0.184. The summed E-state index contributed by atoms with van der Waals surface area (Å²) in [4.78, 5) is 19.5. The van der Waals surface area contributed by atoms with Crippen LogP contribution in [0.4, 0.5) is 4.39 Å². The van der Waals surface area contributed by atoms with E-state index in [1.165, 1.54) is 12.1 Å². The lowest BCUT2D eigenvalue weighted by Crippen LogP contribution is -2.28. The lowest BCUT2D eigenvalue weighted by atomic mass is 10.1. The SMILES string of the molecule is Cc1noc2nc(-c3ccco3)cc(C(=O)N(C)CCCCCc3cc(-c4ccc(F)cc4)n[nH]3)c12. The standard InChI is InChI=1S/C27H26FN5O3/c1-17-25-21(16-23(24-8-6-14-35-24)29-26(25)36-32-17)27(34)33(2)13-5-3-4-7-20-15-22(31-30-20)18-9-11-19(28)12-10-18/h6,8-12,14-16H,3-5,7,13H2,1-2H3,(H,30,31). The Bertz CT molecular complexity index is 1470. The number of fused-ring (bicyclic) bond motifs is 1. The summed E-state index contributed by atoms with van der Waals surface area (Å²) in [5, 5.41) is 12.0. The summed E-state index contributed by atoms with van der Waals surface area (Å²) in [6, 6.07) is 13.6. The Morgan fingerprint density at radius 1 is 1.08 bits per heavy atom. The number of hydrogen-bond donors (Lipinski definition) is 1. The highest BCUT2D eigenvalue weighted by atomic mass is 19.1. The molecule has 0 aliphatic heterocycles. The fourth-order valence-electron chi connectivity index (χ4n) is 4.22. The van der Waals surface area contributed by atoms with Gasteiger partial charge in [-0.05, 0) is 74.7 Å². The number of aromatic amines is 1. The number of amides is 1. The van der Waals surface area contributed by atoms with Crippen molar-refractivity contribution in [1.29, 1.82) is 0 Å². The zero-order valence-electron chi connectivity index (χ0n) is 20.1. The van der Waals surface area contributed by atoms with Crippen molar-refractivity contribution in [3.63, 3.8) is 0 Å². The molecule has 4 aromatic heterocycles. The van der Waals surface area contributed by atoms with Gasteiger partial charge in [0.1, 0.15) is 11.5 Å². The molecule has 1 aromatic carbocycles. The highest BCUT2D eigenvalue weighted by molar-refractivity contribution is 6.06. The second kappa shape index (κ2) is 10.2. The normalized spacial score (nSPS) is 11.3. The first-order chi connectivity index (χ1) is 17.5. The molecule has 0 unspecified atom stereocenters. The van der Waals surface area contributed by atoms with Crippen LogP contribution in [0.2, 0.25) is 0 Å².